The van der Waals surface area contributed by atoms with Gasteiger partial charge in [0.15, 0.2) is 0 Å². The van der Waals surface area contributed by atoms with Crippen LogP contribution in [0.3, 0.4) is 0 Å². The smallest absolute Gasteiger partial charge is 0.253 e. The van der Waals surface area contributed by atoms with Crippen LogP contribution in [0, 0.1) is 0 Å². The summed E-state index contributed by atoms with van der Waals surface area (Å²) in [5.41, 5.74) is 2.22. The number of piperidine rings is 1. The zero-order valence-electron chi connectivity index (χ0n) is 16.0. The Bertz CT molecular complexity index is 716. The van der Waals surface area contributed by atoms with Crippen LogP contribution in [0.5, 0.6) is 0 Å². The van der Waals surface area contributed by atoms with Crippen LogP contribution in [-0.4, -0.2) is 75.8 Å². The van der Waals surface area contributed by atoms with Gasteiger partial charge in [-0.2, -0.15) is 0 Å². The number of nitrogens with one attached hydrogen (secondary N) is 1. The van der Waals surface area contributed by atoms with Crippen molar-refractivity contribution in [2.45, 2.75) is 18.7 Å². The maximum atomic E-state index is 13.0. The van der Waals surface area contributed by atoms with Crippen molar-refractivity contribution in [1.82, 2.24) is 9.80 Å². The number of amides is 2. The first kappa shape index (κ1) is 19.5. The van der Waals surface area contributed by atoms with E-state index in [0.29, 0.717) is 17.8 Å². The van der Waals surface area contributed by atoms with E-state index in [-0.39, 0.29) is 17.6 Å². The molecule has 1 aromatic rings. The second-order valence-electron chi connectivity index (χ2n) is 7.37. The summed E-state index contributed by atoms with van der Waals surface area (Å²) in [6.07, 6.45) is 3.15. The molecule has 2 saturated heterocycles. The van der Waals surface area contributed by atoms with E-state index in [1.165, 1.54) is 6.08 Å². The molecule has 2 aliphatic heterocycles. The zero-order chi connectivity index (χ0) is 19.4. The Morgan fingerprint density at radius 2 is 1.96 bits per heavy atom. The minimum absolute atomic E-state index is 0.00197. The summed E-state index contributed by atoms with van der Waals surface area (Å²) in [5.74, 6) is -0.209. The Morgan fingerprint density at radius 1 is 1.22 bits per heavy atom. The summed E-state index contributed by atoms with van der Waals surface area (Å²) in [6, 6.07) is 5.49. The lowest BCUT2D eigenvalue weighted by molar-refractivity contribution is -0.111. The average molecular weight is 366 g/mol. The highest BCUT2D eigenvalue weighted by molar-refractivity contribution is 6.12. The van der Waals surface area contributed by atoms with Gasteiger partial charge in [0, 0.05) is 44.8 Å². The van der Waals surface area contributed by atoms with Gasteiger partial charge in [-0.1, -0.05) is 18.8 Å². The van der Waals surface area contributed by atoms with Crippen LogP contribution in [0.15, 0.2) is 30.9 Å². The Hall–Kier alpha value is -2.28. The van der Waals surface area contributed by atoms with Crippen molar-refractivity contribution in [2.75, 3.05) is 56.5 Å². The molecule has 7 heteroatoms. The third-order valence-corrected chi connectivity index (χ3v) is 5.28. The maximum Gasteiger partial charge on any atom is 0.253 e. The van der Waals surface area contributed by atoms with Gasteiger partial charge in [-0.3, -0.25) is 9.59 Å². The molecule has 1 atom stereocenters. The van der Waals surface area contributed by atoms with Crippen molar-refractivity contribution in [2.24, 2.45) is 0 Å². The van der Waals surface area contributed by atoms with Gasteiger partial charge in [-0.15, -0.1) is 0 Å². The van der Waals surface area contributed by atoms with E-state index >= 15 is 0 Å². The van der Waals surface area contributed by atoms with E-state index in [1.54, 1.807) is 6.07 Å². The molecule has 3 rings (SSSR count). The van der Waals surface area contributed by atoms with Crippen LogP contribution >= 0.6 is 0 Å². The minimum atomic E-state index is -0.258. The van der Waals surface area contributed by atoms with Crippen LogP contribution in [-0.2, 0) is 4.79 Å². The summed E-state index contributed by atoms with van der Waals surface area (Å²) in [7, 11) is 8.13. The Kier molecular flexibility index (Phi) is 6.21. The molecule has 142 valence electrons. The molecule has 0 aromatic heterocycles. The third kappa shape index (κ3) is 4.72. The molecule has 2 heterocycles. The lowest BCUT2D eigenvalue weighted by Crippen LogP contribution is -2.45. The number of piperazine rings is 1. The van der Waals surface area contributed by atoms with Crippen molar-refractivity contribution < 1.29 is 9.59 Å². The Balaban J connectivity index is 1.87. The van der Waals surface area contributed by atoms with Gasteiger partial charge >= 0.3 is 0 Å². The molecular weight excluding hydrogens is 339 g/mol. The molecule has 0 aliphatic carbocycles. The number of carbonyl (C=O) groups is 2. The lowest BCUT2D eigenvalue weighted by Gasteiger charge is -2.35. The number of likely N-dealkylation sites (tertiary alicyclic amines) is 1. The molecular formula is C20H27BN4O2. The number of benzene rings is 1. The van der Waals surface area contributed by atoms with Gasteiger partial charge < -0.3 is 20.0 Å². The first-order valence-corrected chi connectivity index (χ1v) is 9.53. The molecule has 1 unspecified atom stereocenters. The quantitative estimate of drug-likeness (QED) is 0.652. The van der Waals surface area contributed by atoms with Crippen LogP contribution in [0.25, 0.3) is 0 Å². The predicted octanol–water partition coefficient (Wildman–Crippen LogP) is 1.76. The number of nitrogens with zero attached hydrogens (tertiary/aromatic N) is 3. The highest BCUT2D eigenvalue weighted by Gasteiger charge is 2.24. The summed E-state index contributed by atoms with van der Waals surface area (Å²) < 4.78 is 0. The molecule has 2 radical (unpaired) electrons. The number of rotatable bonds is 4. The largest absolute Gasteiger partial charge is 0.367 e. The first-order valence-electron chi connectivity index (χ1n) is 9.53. The van der Waals surface area contributed by atoms with Crippen molar-refractivity contribution in [3.8, 4) is 0 Å². The van der Waals surface area contributed by atoms with Gasteiger partial charge in [0.2, 0.25) is 5.91 Å². The number of anilines is 2. The van der Waals surface area contributed by atoms with Crippen LogP contribution in [0.4, 0.5) is 11.4 Å². The topological polar surface area (TPSA) is 55.9 Å². The minimum Gasteiger partial charge on any atom is -0.367 e. The van der Waals surface area contributed by atoms with Crippen LogP contribution in [0.2, 0.25) is 5.82 Å². The molecule has 0 spiro atoms. The fourth-order valence-corrected chi connectivity index (χ4v) is 3.64. The standard InChI is InChI=1S/C20H27BN4O2/c1-3-19(26)22-17-7-6-15(20(27)25-8-4-5-16(21)14-25)13-18(17)24-11-9-23(2)10-12-24/h3,6-7,13,16H,1,4-5,8-12,14H2,2H3,(H,22,26). The van der Waals surface area contributed by atoms with Crippen molar-refractivity contribution in [3.63, 3.8) is 0 Å². The monoisotopic (exact) mass is 366 g/mol. The third-order valence-electron chi connectivity index (χ3n) is 5.28. The van der Waals surface area contributed by atoms with Crippen LogP contribution in [0.1, 0.15) is 23.2 Å². The fourth-order valence-electron chi connectivity index (χ4n) is 3.64. The number of hydrogen-bond donors (Lipinski definition) is 1. The number of hydrogen-bond acceptors (Lipinski definition) is 4. The molecule has 1 N–H and O–H groups in total. The first-order chi connectivity index (χ1) is 13.0. The average Bonchev–Trinajstić information content (AvgIpc) is 2.68. The molecule has 2 amide bonds. The molecule has 2 aliphatic rings. The predicted molar refractivity (Wildman–Crippen MR) is 110 cm³/mol. The molecule has 2 fully saturated rings. The Labute approximate surface area is 162 Å². The van der Waals surface area contributed by atoms with Gasteiger partial charge in [0.1, 0.15) is 0 Å². The number of likely N-dealkylation sites (N-methyl/N-ethyl adjacent to an activating group) is 1. The Morgan fingerprint density at radius 3 is 2.63 bits per heavy atom. The van der Waals surface area contributed by atoms with Gasteiger partial charge in [-0.25, -0.2) is 0 Å². The highest BCUT2D eigenvalue weighted by Crippen LogP contribution is 2.30. The zero-order valence-corrected chi connectivity index (χ0v) is 16.0. The molecule has 1 aromatic carbocycles. The van der Waals surface area contributed by atoms with Gasteiger partial charge in [-0.05, 0) is 37.7 Å². The summed E-state index contributed by atoms with van der Waals surface area (Å²) in [6.45, 7) is 8.43. The summed E-state index contributed by atoms with van der Waals surface area (Å²) >= 11 is 0. The van der Waals surface area contributed by atoms with E-state index in [1.807, 2.05) is 17.0 Å². The van der Waals surface area contributed by atoms with Crippen LogP contribution < -0.4 is 10.2 Å². The van der Waals surface area contributed by atoms with E-state index in [9.17, 15) is 9.59 Å². The molecule has 6 nitrogen and oxygen atoms in total. The molecule has 0 bridgehead atoms. The SMILES string of the molecule is [B]C1CCCN(C(=O)c2ccc(NC(=O)C=C)c(N3CCN(C)CC3)c2)C1. The normalized spacial score (nSPS) is 21.0. The highest BCUT2D eigenvalue weighted by atomic mass is 16.2. The van der Waals surface area contributed by atoms with Gasteiger partial charge in [0.05, 0.1) is 19.2 Å². The molecule has 0 saturated carbocycles. The van der Waals surface area contributed by atoms with Crippen molar-refractivity contribution >= 4 is 31.0 Å². The second-order valence-corrected chi connectivity index (χ2v) is 7.37. The molecule has 27 heavy (non-hydrogen) atoms. The summed E-state index contributed by atoms with van der Waals surface area (Å²) in [5, 5.41) is 2.86. The van der Waals surface area contributed by atoms with Crippen molar-refractivity contribution in [1.29, 1.82) is 0 Å². The number of carbonyl (C=O) groups excluding carboxylic acids is 2. The summed E-state index contributed by atoms with van der Waals surface area (Å²) in [4.78, 5) is 31.1. The second kappa shape index (κ2) is 8.61. The van der Waals surface area contributed by atoms with E-state index in [4.69, 9.17) is 7.85 Å². The van der Waals surface area contributed by atoms with E-state index in [2.05, 4.69) is 28.7 Å². The van der Waals surface area contributed by atoms with E-state index < -0.39 is 0 Å². The van der Waals surface area contributed by atoms with Gasteiger partial charge in [0.25, 0.3) is 5.91 Å². The van der Waals surface area contributed by atoms with Crippen molar-refractivity contribution in [3.05, 3.63) is 36.4 Å². The fraction of sp³-hybridized carbons (Fsp3) is 0.500. The van der Waals surface area contributed by atoms with E-state index in [0.717, 1.165) is 51.3 Å². The lowest BCUT2D eigenvalue weighted by atomic mass is 9.80. The maximum absolute atomic E-state index is 13.0.